The molecule has 2 N–H and O–H groups in total. The van der Waals surface area contributed by atoms with Crippen molar-refractivity contribution in [3.05, 3.63) is 23.3 Å². The minimum atomic E-state index is -0.144. The molecule has 0 fully saturated rings. The minimum Gasteiger partial charge on any atom is -0.301 e. The van der Waals surface area contributed by atoms with Crippen molar-refractivity contribution in [2.24, 2.45) is 15.7 Å². The lowest BCUT2D eigenvalue weighted by Gasteiger charge is -1.93. The van der Waals surface area contributed by atoms with Crippen molar-refractivity contribution in [1.29, 1.82) is 0 Å². The standard InChI is InChI=1S/C7H7N3S/c8-7-10-5-2-1-3-9-4-6(5)11-7/h1-4,7H,8H2. The van der Waals surface area contributed by atoms with Crippen molar-refractivity contribution >= 4 is 23.7 Å². The van der Waals surface area contributed by atoms with Crippen molar-refractivity contribution in [3.63, 3.8) is 0 Å². The molecule has 56 valence electrons. The Morgan fingerprint density at radius 3 is 3.36 bits per heavy atom. The average Bonchev–Trinajstić information content (AvgIpc) is 2.17. The Hall–Kier alpha value is -0.870. The van der Waals surface area contributed by atoms with Gasteiger partial charge in [0.2, 0.25) is 0 Å². The Morgan fingerprint density at radius 1 is 1.55 bits per heavy atom. The predicted molar refractivity (Wildman–Crippen MR) is 48.7 cm³/mol. The lowest BCUT2D eigenvalue weighted by atomic mass is 10.3. The van der Waals surface area contributed by atoms with Crippen LogP contribution in [0.1, 0.15) is 0 Å². The molecule has 0 saturated heterocycles. The molecule has 0 radical (unpaired) electrons. The first-order valence-corrected chi connectivity index (χ1v) is 4.15. The third-order valence-electron chi connectivity index (χ3n) is 1.38. The van der Waals surface area contributed by atoms with Crippen LogP contribution in [0.3, 0.4) is 0 Å². The van der Waals surface area contributed by atoms with Crippen LogP contribution in [0.25, 0.3) is 0 Å². The van der Waals surface area contributed by atoms with Crippen LogP contribution in [0.4, 0.5) is 0 Å². The van der Waals surface area contributed by atoms with Gasteiger partial charge in [0.05, 0.1) is 10.6 Å². The molecule has 2 aliphatic heterocycles. The molecule has 0 amide bonds. The zero-order chi connectivity index (χ0) is 7.68. The van der Waals surface area contributed by atoms with Gasteiger partial charge in [0.25, 0.3) is 0 Å². The molecule has 4 heteroatoms. The summed E-state index contributed by atoms with van der Waals surface area (Å²) in [6, 6.07) is 0. The van der Waals surface area contributed by atoms with Crippen LogP contribution in [0.2, 0.25) is 0 Å². The van der Waals surface area contributed by atoms with E-state index in [0.717, 1.165) is 10.6 Å². The van der Waals surface area contributed by atoms with E-state index in [9.17, 15) is 0 Å². The maximum Gasteiger partial charge on any atom is 0.149 e. The smallest absolute Gasteiger partial charge is 0.149 e. The number of nitrogens with zero attached hydrogens (tertiary/aromatic N) is 2. The molecule has 0 bridgehead atoms. The van der Waals surface area contributed by atoms with E-state index >= 15 is 0 Å². The van der Waals surface area contributed by atoms with Crippen molar-refractivity contribution in [2.45, 2.75) is 5.50 Å². The number of nitrogens with two attached hydrogens (primary N) is 1. The molecule has 0 aliphatic carbocycles. The van der Waals surface area contributed by atoms with E-state index in [1.807, 2.05) is 12.2 Å². The van der Waals surface area contributed by atoms with Gasteiger partial charge in [-0.25, -0.2) is 0 Å². The molecular formula is C7H7N3S. The molecule has 0 saturated carbocycles. The van der Waals surface area contributed by atoms with Crippen molar-refractivity contribution in [1.82, 2.24) is 0 Å². The summed E-state index contributed by atoms with van der Waals surface area (Å²) in [5.41, 5.74) is 6.39. The number of thioether (sulfide) groups is 1. The maximum atomic E-state index is 5.59. The highest BCUT2D eigenvalue weighted by molar-refractivity contribution is 8.05. The van der Waals surface area contributed by atoms with Crippen molar-refractivity contribution < 1.29 is 0 Å². The molecule has 11 heavy (non-hydrogen) atoms. The van der Waals surface area contributed by atoms with Gasteiger partial charge in [-0.1, -0.05) is 11.8 Å². The maximum absolute atomic E-state index is 5.59. The van der Waals surface area contributed by atoms with E-state index in [2.05, 4.69) is 9.98 Å². The van der Waals surface area contributed by atoms with Gasteiger partial charge in [0.15, 0.2) is 0 Å². The average molecular weight is 165 g/mol. The van der Waals surface area contributed by atoms with Gasteiger partial charge < -0.3 is 5.73 Å². The molecule has 1 atom stereocenters. The van der Waals surface area contributed by atoms with Gasteiger partial charge in [0, 0.05) is 12.4 Å². The predicted octanol–water partition coefficient (Wildman–Crippen LogP) is 0.899. The lowest BCUT2D eigenvalue weighted by Crippen LogP contribution is -2.07. The number of aliphatic imine (C=N–C) groups is 2. The van der Waals surface area contributed by atoms with Gasteiger partial charge >= 0.3 is 0 Å². The highest BCUT2D eigenvalue weighted by Gasteiger charge is 2.18. The van der Waals surface area contributed by atoms with E-state index in [-0.39, 0.29) is 5.50 Å². The summed E-state index contributed by atoms with van der Waals surface area (Å²) in [4.78, 5) is 9.27. The van der Waals surface area contributed by atoms with E-state index in [4.69, 9.17) is 5.73 Å². The third kappa shape index (κ3) is 1.27. The summed E-state index contributed by atoms with van der Waals surface area (Å²) in [5, 5.41) is 0. The first-order valence-electron chi connectivity index (χ1n) is 3.27. The van der Waals surface area contributed by atoms with E-state index in [0.29, 0.717) is 0 Å². The summed E-state index contributed by atoms with van der Waals surface area (Å²) in [6.45, 7) is 0. The molecule has 2 heterocycles. The van der Waals surface area contributed by atoms with Crippen LogP contribution < -0.4 is 5.73 Å². The summed E-state index contributed by atoms with van der Waals surface area (Å²) >= 11 is 1.53. The first-order chi connectivity index (χ1) is 5.36. The largest absolute Gasteiger partial charge is 0.301 e. The fraction of sp³-hybridized carbons (Fsp3) is 0.143. The normalized spacial score (nSPS) is 27.5. The highest BCUT2D eigenvalue weighted by atomic mass is 32.2. The third-order valence-corrected chi connectivity index (χ3v) is 2.30. The first kappa shape index (κ1) is 6.82. The summed E-state index contributed by atoms with van der Waals surface area (Å²) < 4.78 is 0. The number of rotatable bonds is 0. The van der Waals surface area contributed by atoms with Gasteiger partial charge in [-0.05, 0) is 12.2 Å². The monoisotopic (exact) mass is 165 g/mol. The molecule has 0 aromatic heterocycles. The fourth-order valence-corrected chi connectivity index (χ4v) is 1.72. The molecule has 2 rings (SSSR count). The Morgan fingerprint density at radius 2 is 2.45 bits per heavy atom. The number of hydrogen-bond donors (Lipinski definition) is 1. The van der Waals surface area contributed by atoms with Crippen molar-refractivity contribution in [2.75, 3.05) is 0 Å². The van der Waals surface area contributed by atoms with Crippen LogP contribution >= 0.6 is 11.8 Å². The molecule has 3 nitrogen and oxygen atoms in total. The van der Waals surface area contributed by atoms with Crippen LogP contribution in [-0.2, 0) is 0 Å². The number of allylic oxidation sites excluding steroid dienone is 3. The molecule has 0 aromatic rings. The van der Waals surface area contributed by atoms with Gasteiger partial charge in [0.1, 0.15) is 5.50 Å². The zero-order valence-corrected chi connectivity index (χ0v) is 6.58. The Bertz CT molecular complexity index is 288. The topological polar surface area (TPSA) is 50.7 Å². The van der Waals surface area contributed by atoms with Crippen LogP contribution in [0, 0.1) is 0 Å². The Labute approximate surface area is 68.8 Å². The molecule has 0 spiro atoms. The Balaban J connectivity index is 2.39. The van der Waals surface area contributed by atoms with E-state index in [1.54, 1.807) is 12.4 Å². The second-order valence-electron chi connectivity index (χ2n) is 2.17. The zero-order valence-electron chi connectivity index (χ0n) is 5.77. The van der Waals surface area contributed by atoms with E-state index in [1.165, 1.54) is 11.8 Å². The van der Waals surface area contributed by atoms with Gasteiger partial charge in [-0.3, -0.25) is 9.98 Å². The second-order valence-corrected chi connectivity index (χ2v) is 3.33. The number of hydrogen-bond acceptors (Lipinski definition) is 4. The summed E-state index contributed by atoms with van der Waals surface area (Å²) in [7, 11) is 0. The van der Waals surface area contributed by atoms with Crippen molar-refractivity contribution in [3.8, 4) is 0 Å². The molecule has 2 aliphatic rings. The van der Waals surface area contributed by atoms with Crippen LogP contribution in [0.5, 0.6) is 0 Å². The van der Waals surface area contributed by atoms with Crippen LogP contribution in [-0.4, -0.2) is 17.4 Å². The minimum absolute atomic E-state index is 0.144. The molecule has 1 unspecified atom stereocenters. The Kier molecular flexibility index (Phi) is 1.63. The molecule has 0 aromatic carbocycles. The van der Waals surface area contributed by atoms with E-state index < -0.39 is 0 Å². The van der Waals surface area contributed by atoms with Gasteiger partial charge in [-0.2, -0.15) is 0 Å². The fourth-order valence-electron chi connectivity index (χ4n) is 0.934. The second kappa shape index (κ2) is 2.64. The highest BCUT2D eigenvalue weighted by Crippen LogP contribution is 2.29. The summed E-state index contributed by atoms with van der Waals surface area (Å²) in [5.74, 6) is 0. The molecular weight excluding hydrogens is 158 g/mol. The lowest BCUT2D eigenvalue weighted by molar-refractivity contribution is 1.01. The van der Waals surface area contributed by atoms with Gasteiger partial charge in [-0.15, -0.1) is 0 Å². The van der Waals surface area contributed by atoms with Crippen LogP contribution in [0.15, 0.2) is 33.2 Å². The summed E-state index contributed by atoms with van der Waals surface area (Å²) in [6.07, 6.45) is 7.30. The quantitative estimate of drug-likeness (QED) is 0.579. The SMILES string of the molecule is NC1N=C2C=CC=NC=C2S1. The number of fused-ring (bicyclic) bond motifs is 1.